The molecule has 1 aliphatic rings. The number of aromatic nitrogens is 2. The van der Waals surface area contributed by atoms with Crippen LogP contribution in [0.1, 0.15) is 22.8 Å². The number of rotatable bonds is 11. The van der Waals surface area contributed by atoms with Crippen molar-refractivity contribution in [2.45, 2.75) is 24.7 Å². The Morgan fingerprint density at radius 1 is 1.05 bits per heavy atom. The summed E-state index contributed by atoms with van der Waals surface area (Å²) in [5.41, 5.74) is 1.69. The zero-order valence-corrected chi connectivity index (χ0v) is 25.6. The van der Waals surface area contributed by atoms with Gasteiger partial charge in [-0.15, -0.1) is 0 Å². The standard InChI is InChI=1S/C30H37ClN6O3S/c1-22-19-35(15-16-37(22)29(39)24-11-8-12-25(17-24)40-4)27-18-26(31)32-30(33-27)41-21-28(38)36(14-13-34(2)3)20-23-9-6-5-7-10-23/h5-12,17-18,22H,13-16,19-21H2,1-4H3. The number of likely N-dealkylation sites (N-methyl/N-ethyl adjacent to an activating group) is 1. The van der Waals surface area contributed by atoms with E-state index in [4.69, 9.17) is 21.3 Å². The van der Waals surface area contributed by atoms with E-state index in [1.807, 2.05) is 73.3 Å². The smallest absolute Gasteiger partial charge is 0.254 e. The number of hydrogen-bond donors (Lipinski definition) is 0. The van der Waals surface area contributed by atoms with Crippen LogP contribution in [-0.2, 0) is 11.3 Å². The number of piperazine rings is 1. The van der Waals surface area contributed by atoms with Crippen molar-refractivity contribution in [2.24, 2.45) is 0 Å². The zero-order chi connectivity index (χ0) is 29.4. The molecule has 2 aromatic carbocycles. The minimum Gasteiger partial charge on any atom is -0.497 e. The third-order valence-corrected chi connectivity index (χ3v) is 7.93. The Balaban J connectivity index is 1.39. The highest BCUT2D eigenvalue weighted by Gasteiger charge is 2.29. The Morgan fingerprint density at radius 3 is 2.54 bits per heavy atom. The van der Waals surface area contributed by atoms with Crippen molar-refractivity contribution in [3.63, 3.8) is 0 Å². The van der Waals surface area contributed by atoms with Gasteiger partial charge in [0.25, 0.3) is 5.91 Å². The second-order valence-corrected chi connectivity index (χ2v) is 11.6. The van der Waals surface area contributed by atoms with Gasteiger partial charge in [-0.3, -0.25) is 9.59 Å². The summed E-state index contributed by atoms with van der Waals surface area (Å²) in [7, 11) is 5.58. The first kappa shape index (κ1) is 30.6. The van der Waals surface area contributed by atoms with Gasteiger partial charge in [0, 0.05) is 56.9 Å². The van der Waals surface area contributed by atoms with E-state index < -0.39 is 0 Å². The highest BCUT2D eigenvalue weighted by Crippen LogP contribution is 2.25. The number of nitrogens with zero attached hydrogens (tertiary/aromatic N) is 6. The van der Waals surface area contributed by atoms with Crippen molar-refractivity contribution in [1.82, 2.24) is 24.7 Å². The van der Waals surface area contributed by atoms with Gasteiger partial charge in [-0.2, -0.15) is 0 Å². The minimum atomic E-state index is -0.0443. The molecule has 0 radical (unpaired) electrons. The first-order chi connectivity index (χ1) is 19.7. The van der Waals surface area contributed by atoms with Crippen molar-refractivity contribution in [3.05, 3.63) is 76.9 Å². The average molecular weight is 597 g/mol. The van der Waals surface area contributed by atoms with E-state index in [1.54, 1.807) is 25.3 Å². The van der Waals surface area contributed by atoms with E-state index in [2.05, 4.69) is 14.8 Å². The lowest BCUT2D eigenvalue weighted by molar-refractivity contribution is -0.129. The summed E-state index contributed by atoms with van der Waals surface area (Å²) in [6, 6.07) is 18.9. The van der Waals surface area contributed by atoms with Gasteiger partial charge in [0.05, 0.1) is 12.9 Å². The maximum atomic E-state index is 13.2. The third kappa shape index (κ3) is 8.58. The quantitative estimate of drug-likeness (QED) is 0.185. The van der Waals surface area contributed by atoms with Gasteiger partial charge in [-0.05, 0) is 44.8 Å². The van der Waals surface area contributed by atoms with E-state index in [0.29, 0.717) is 60.2 Å². The van der Waals surface area contributed by atoms with Gasteiger partial charge in [-0.1, -0.05) is 59.8 Å². The molecule has 1 aliphatic heterocycles. The monoisotopic (exact) mass is 596 g/mol. The van der Waals surface area contributed by atoms with E-state index in [1.165, 1.54) is 11.8 Å². The Labute approximate surface area is 251 Å². The molecule has 0 N–H and O–H groups in total. The van der Waals surface area contributed by atoms with E-state index in [9.17, 15) is 9.59 Å². The molecule has 11 heteroatoms. The lowest BCUT2D eigenvalue weighted by atomic mass is 10.1. The lowest BCUT2D eigenvalue weighted by Gasteiger charge is -2.40. The molecule has 218 valence electrons. The number of thioether (sulfide) groups is 1. The molecule has 0 bridgehead atoms. The maximum absolute atomic E-state index is 13.2. The number of halogens is 1. The molecule has 1 atom stereocenters. The van der Waals surface area contributed by atoms with Crippen LogP contribution in [0.25, 0.3) is 0 Å². The van der Waals surface area contributed by atoms with Crippen LogP contribution in [-0.4, -0.2) is 102 Å². The Kier molecular flexibility index (Phi) is 10.8. The average Bonchev–Trinajstić information content (AvgIpc) is 2.97. The number of hydrogen-bond acceptors (Lipinski definition) is 8. The molecular weight excluding hydrogens is 560 g/mol. The molecule has 0 saturated carbocycles. The normalized spacial score (nSPS) is 15.2. The molecule has 1 fully saturated rings. The molecule has 4 rings (SSSR count). The van der Waals surface area contributed by atoms with Gasteiger partial charge < -0.3 is 24.3 Å². The summed E-state index contributed by atoms with van der Waals surface area (Å²) in [5, 5.41) is 0.775. The van der Waals surface area contributed by atoms with Crippen LogP contribution < -0.4 is 9.64 Å². The van der Waals surface area contributed by atoms with Gasteiger partial charge in [0.15, 0.2) is 5.16 Å². The summed E-state index contributed by atoms with van der Waals surface area (Å²) in [6.07, 6.45) is 0. The Hall–Kier alpha value is -3.34. The van der Waals surface area contributed by atoms with E-state index >= 15 is 0 Å². The summed E-state index contributed by atoms with van der Waals surface area (Å²) in [6.45, 7) is 5.71. The second kappa shape index (κ2) is 14.5. The van der Waals surface area contributed by atoms with Crippen LogP contribution in [0, 0.1) is 0 Å². The SMILES string of the molecule is COc1cccc(C(=O)N2CCN(c3cc(Cl)nc(SCC(=O)N(CCN(C)C)Cc4ccccc4)n3)CC2C)c1. The predicted octanol–water partition coefficient (Wildman–Crippen LogP) is 4.17. The zero-order valence-electron chi connectivity index (χ0n) is 24.0. The molecule has 1 aromatic heterocycles. The molecule has 1 saturated heterocycles. The number of carbonyl (C=O) groups is 2. The number of carbonyl (C=O) groups excluding carboxylic acids is 2. The number of anilines is 1. The number of methoxy groups -OCH3 is 1. The van der Waals surface area contributed by atoms with Crippen LogP contribution in [0.15, 0.2) is 65.8 Å². The molecule has 2 amide bonds. The summed E-state index contributed by atoms with van der Waals surface area (Å²) >= 11 is 7.68. The lowest BCUT2D eigenvalue weighted by Crippen LogP contribution is -2.54. The van der Waals surface area contributed by atoms with Gasteiger partial charge in [0.1, 0.15) is 16.7 Å². The third-order valence-electron chi connectivity index (χ3n) is 6.90. The van der Waals surface area contributed by atoms with Gasteiger partial charge in [0.2, 0.25) is 5.91 Å². The van der Waals surface area contributed by atoms with E-state index in [0.717, 1.165) is 12.1 Å². The molecule has 3 aromatic rings. The predicted molar refractivity (Wildman–Crippen MR) is 164 cm³/mol. The molecule has 0 spiro atoms. The van der Waals surface area contributed by atoms with Crippen LogP contribution >= 0.6 is 23.4 Å². The molecule has 0 aliphatic carbocycles. The van der Waals surface area contributed by atoms with Crippen LogP contribution in [0.2, 0.25) is 5.15 Å². The Morgan fingerprint density at radius 2 is 1.83 bits per heavy atom. The van der Waals surface area contributed by atoms with E-state index in [-0.39, 0.29) is 23.6 Å². The number of ether oxygens (including phenoxy) is 1. The van der Waals surface area contributed by atoms with Crippen molar-refractivity contribution in [2.75, 3.05) is 64.6 Å². The maximum Gasteiger partial charge on any atom is 0.254 e. The molecule has 2 heterocycles. The summed E-state index contributed by atoms with van der Waals surface area (Å²) < 4.78 is 5.28. The second-order valence-electron chi connectivity index (χ2n) is 10.2. The van der Waals surface area contributed by atoms with Crippen molar-refractivity contribution in [3.8, 4) is 5.75 Å². The summed E-state index contributed by atoms with van der Waals surface area (Å²) in [4.78, 5) is 43.5. The Bertz CT molecular complexity index is 1330. The first-order valence-corrected chi connectivity index (χ1v) is 14.9. The fraction of sp³-hybridized carbons (Fsp3) is 0.400. The van der Waals surface area contributed by atoms with Crippen molar-refractivity contribution < 1.29 is 14.3 Å². The van der Waals surface area contributed by atoms with Crippen LogP contribution in [0.5, 0.6) is 5.75 Å². The molecule has 9 nitrogen and oxygen atoms in total. The number of amides is 2. The van der Waals surface area contributed by atoms with Crippen LogP contribution in [0.4, 0.5) is 5.82 Å². The number of benzene rings is 2. The fourth-order valence-corrected chi connectivity index (χ4v) is 5.62. The highest BCUT2D eigenvalue weighted by molar-refractivity contribution is 7.99. The topological polar surface area (TPSA) is 82.1 Å². The minimum absolute atomic E-state index is 0.0177. The van der Waals surface area contributed by atoms with Gasteiger partial charge in [-0.25, -0.2) is 9.97 Å². The van der Waals surface area contributed by atoms with Crippen LogP contribution in [0.3, 0.4) is 0 Å². The molecular formula is C30H37ClN6O3S. The van der Waals surface area contributed by atoms with Gasteiger partial charge >= 0.3 is 0 Å². The fourth-order valence-electron chi connectivity index (χ4n) is 4.64. The molecule has 1 unspecified atom stereocenters. The van der Waals surface area contributed by atoms with Crippen molar-refractivity contribution in [1.29, 1.82) is 0 Å². The molecule has 41 heavy (non-hydrogen) atoms. The highest BCUT2D eigenvalue weighted by atomic mass is 35.5. The summed E-state index contributed by atoms with van der Waals surface area (Å²) in [5.74, 6) is 1.54. The first-order valence-electron chi connectivity index (χ1n) is 13.6. The largest absolute Gasteiger partial charge is 0.497 e. The van der Waals surface area contributed by atoms with Crippen molar-refractivity contribution >= 4 is 41.0 Å².